The van der Waals surface area contributed by atoms with Crippen LogP contribution in [0.15, 0.2) is 24.3 Å². The highest BCUT2D eigenvalue weighted by molar-refractivity contribution is 6.21. The Labute approximate surface area is 108 Å². The highest BCUT2D eigenvalue weighted by atomic mass is 35.5. The van der Waals surface area contributed by atoms with Crippen LogP contribution in [-0.2, 0) is 4.74 Å². The van der Waals surface area contributed by atoms with Crippen LogP contribution < -0.4 is 4.74 Å². The molecule has 0 radical (unpaired) electrons. The van der Waals surface area contributed by atoms with E-state index in [1.54, 1.807) is 0 Å². The zero-order chi connectivity index (χ0) is 12.3. The summed E-state index contributed by atoms with van der Waals surface area (Å²) in [5, 5.41) is -0.0504. The van der Waals surface area contributed by atoms with Crippen LogP contribution in [0.2, 0.25) is 0 Å². The SMILES string of the molecule is CC(C)Oc1ccc(C(Cl)C2CCCO2)cc1. The van der Waals surface area contributed by atoms with Crippen molar-refractivity contribution in [2.24, 2.45) is 0 Å². The van der Waals surface area contributed by atoms with Crippen molar-refractivity contribution >= 4 is 11.6 Å². The van der Waals surface area contributed by atoms with Crippen molar-refractivity contribution in [1.82, 2.24) is 0 Å². The van der Waals surface area contributed by atoms with Crippen molar-refractivity contribution in [3.05, 3.63) is 29.8 Å². The summed E-state index contributed by atoms with van der Waals surface area (Å²) in [4.78, 5) is 0. The van der Waals surface area contributed by atoms with Gasteiger partial charge < -0.3 is 9.47 Å². The van der Waals surface area contributed by atoms with E-state index in [2.05, 4.69) is 0 Å². The molecule has 17 heavy (non-hydrogen) atoms. The third-order valence-corrected chi connectivity index (χ3v) is 3.39. The van der Waals surface area contributed by atoms with E-state index in [1.807, 2.05) is 38.1 Å². The van der Waals surface area contributed by atoms with E-state index in [0.717, 1.165) is 30.8 Å². The number of rotatable bonds is 4. The average molecular weight is 255 g/mol. The van der Waals surface area contributed by atoms with Crippen molar-refractivity contribution in [3.63, 3.8) is 0 Å². The number of halogens is 1. The van der Waals surface area contributed by atoms with Crippen LogP contribution in [0.25, 0.3) is 0 Å². The Balaban J connectivity index is 2.01. The minimum atomic E-state index is -0.0504. The van der Waals surface area contributed by atoms with Gasteiger partial charge in [0.25, 0.3) is 0 Å². The van der Waals surface area contributed by atoms with Crippen LogP contribution in [0.1, 0.15) is 37.6 Å². The molecule has 1 saturated heterocycles. The van der Waals surface area contributed by atoms with Crippen LogP contribution in [0.3, 0.4) is 0 Å². The molecule has 0 saturated carbocycles. The summed E-state index contributed by atoms with van der Waals surface area (Å²) in [6.07, 6.45) is 2.53. The van der Waals surface area contributed by atoms with E-state index in [9.17, 15) is 0 Å². The molecule has 2 rings (SSSR count). The van der Waals surface area contributed by atoms with Gasteiger partial charge in [0.2, 0.25) is 0 Å². The molecule has 1 aromatic rings. The monoisotopic (exact) mass is 254 g/mol. The van der Waals surface area contributed by atoms with Gasteiger partial charge in [0.1, 0.15) is 5.75 Å². The van der Waals surface area contributed by atoms with Crippen molar-refractivity contribution < 1.29 is 9.47 Å². The second-order valence-electron chi connectivity index (χ2n) is 4.69. The number of benzene rings is 1. The Bertz CT molecular complexity index is 342. The quantitative estimate of drug-likeness (QED) is 0.758. The van der Waals surface area contributed by atoms with Crippen LogP contribution in [0.4, 0.5) is 0 Å². The maximum atomic E-state index is 6.40. The molecule has 1 heterocycles. The molecule has 0 spiro atoms. The molecule has 3 heteroatoms. The van der Waals surface area contributed by atoms with Crippen molar-refractivity contribution in [1.29, 1.82) is 0 Å². The Hall–Kier alpha value is -0.730. The first-order chi connectivity index (χ1) is 8.16. The molecular formula is C14H19ClO2. The van der Waals surface area contributed by atoms with Crippen LogP contribution in [0, 0.1) is 0 Å². The van der Waals surface area contributed by atoms with E-state index in [-0.39, 0.29) is 17.6 Å². The first kappa shape index (κ1) is 12.7. The van der Waals surface area contributed by atoms with E-state index in [0.29, 0.717) is 0 Å². The average Bonchev–Trinajstić information content (AvgIpc) is 2.82. The molecule has 1 aliphatic rings. The third-order valence-electron chi connectivity index (χ3n) is 2.86. The van der Waals surface area contributed by atoms with Gasteiger partial charge in [-0.15, -0.1) is 11.6 Å². The van der Waals surface area contributed by atoms with Crippen molar-refractivity contribution in [2.45, 2.75) is 44.3 Å². The van der Waals surface area contributed by atoms with E-state index >= 15 is 0 Å². The van der Waals surface area contributed by atoms with Gasteiger partial charge in [-0.3, -0.25) is 0 Å². The smallest absolute Gasteiger partial charge is 0.119 e. The maximum Gasteiger partial charge on any atom is 0.119 e. The van der Waals surface area contributed by atoms with Gasteiger partial charge in [-0.25, -0.2) is 0 Å². The molecule has 0 aromatic heterocycles. The lowest BCUT2D eigenvalue weighted by molar-refractivity contribution is 0.107. The fourth-order valence-corrected chi connectivity index (χ4v) is 2.39. The van der Waals surface area contributed by atoms with Gasteiger partial charge >= 0.3 is 0 Å². The lowest BCUT2D eigenvalue weighted by atomic mass is 10.1. The molecule has 2 atom stereocenters. The molecule has 94 valence electrons. The Morgan fingerprint density at radius 1 is 1.29 bits per heavy atom. The summed E-state index contributed by atoms with van der Waals surface area (Å²) >= 11 is 6.40. The first-order valence-electron chi connectivity index (χ1n) is 6.19. The van der Waals surface area contributed by atoms with Gasteiger partial charge in [0.05, 0.1) is 17.6 Å². The van der Waals surface area contributed by atoms with Gasteiger partial charge in [-0.05, 0) is 44.4 Å². The van der Waals surface area contributed by atoms with Crippen molar-refractivity contribution in [3.8, 4) is 5.75 Å². The Morgan fingerprint density at radius 3 is 2.53 bits per heavy atom. The third kappa shape index (κ3) is 3.36. The largest absolute Gasteiger partial charge is 0.491 e. The number of hydrogen-bond acceptors (Lipinski definition) is 2. The normalized spacial score (nSPS) is 21.8. The minimum Gasteiger partial charge on any atom is -0.491 e. The molecule has 1 fully saturated rings. The number of alkyl halides is 1. The predicted molar refractivity (Wildman–Crippen MR) is 69.8 cm³/mol. The standard InChI is InChI=1S/C14H19ClO2/c1-10(2)17-12-7-5-11(6-8-12)14(15)13-4-3-9-16-13/h5-8,10,13-14H,3-4,9H2,1-2H3. The molecule has 1 aliphatic heterocycles. The summed E-state index contributed by atoms with van der Waals surface area (Å²) in [5.41, 5.74) is 1.11. The lowest BCUT2D eigenvalue weighted by Crippen LogP contribution is -2.12. The first-order valence-corrected chi connectivity index (χ1v) is 6.63. The Kier molecular flexibility index (Phi) is 4.30. The molecule has 0 bridgehead atoms. The minimum absolute atomic E-state index is 0.0504. The fraction of sp³-hybridized carbons (Fsp3) is 0.571. The molecule has 1 aromatic carbocycles. The zero-order valence-corrected chi connectivity index (χ0v) is 11.1. The topological polar surface area (TPSA) is 18.5 Å². The van der Waals surface area contributed by atoms with Gasteiger partial charge in [0, 0.05) is 6.61 Å². The summed E-state index contributed by atoms with van der Waals surface area (Å²) in [6, 6.07) is 7.99. The number of ether oxygens (including phenoxy) is 2. The molecule has 0 aliphatic carbocycles. The highest BCUT2D eigenvalue weighted by Gasteiger charge is 2.25. The highest BCUT2D eigenvalue weighted by Crippen LogP contribution is 2.33. The predicted octanol–water partition coefficient (Wildman–Crippen LogP) is 3.93. The molecule has 0 amide bonds. The summed E-state index contributed by atoms with van der Waals surface area (Å²) < 4.78 is 11.2. The van der Waals surface area contributed by atoms with Gasteiger partial charge in [0.15, 0.2) is 0 Å². The van der Waals surface area contributed by atoms with E-state index in [4.69, 9.17) is 21.1 Å². The summed E-state index contributed by atoms with van der Waals surface area (Å²) in [7, 11) is 0. The number of hydrogen-bond donors (Lipinski definition) is 0. The maximum absolute atomic E-state index is 6.40. The van der Waals surface area contributed by atoms with Crippen LogP contribution >= 0.6 is 11.6 Å². The summed E-state index contributed by atoms with van der Waals surface area (Å²) in [5.74, 6) is 0.889. The van der Waals surface area contributed by atoms with Crippen molar-refractivity contribution in [2.75, 3.05) is 6.61 Å². The second kappa shape index (κ2) is 5.74. The molecule has 0 N–H and O–H groups in total. The molecule has 2 nitrogen and oxygen atoms in total. The zero-order valence-electron chi connectivity index (χ0n) is 10.4. The lowest BCUT2D eigenvalue weighted by Gasteiger charge is -2.17. The molecule has 2 unspecified atom stereocenters. The Morgan fingerprint density at radius 2 is 2.00 bits per heavy atom. The summed E-state index contributed by atoms with van der Waals surface area (Å²) in [6.45, 7) is 4.87. The second-order valence-corrected chi connectivity index (χ2v) is 5.16. The van der Waals surface area contributed by atoms with Crippen LogP contribution in [-0.4, -0.2) is 18.8 Å². The fourth-order valence-electron chi connectivity index (χ4n) is 2.05. The molecular weight excluding hydrogens is 236 g/mol. The van der Waals surface area contributed by atoms with Gasteiger partial charge in [-0.2, -0.15) is 0 Å². The van der Waals surface area contributed by atoms with Gasteiger partial charge in [-0.1, -0.05) is 12.1 Å². The van der Waals surface area contributed by atoms with E-state index < -0.39 is 0 Å². The van der Waals surface area contributed by atoms with Crippen LogP contribution in [0.5, 0.6) is 5.75 Å². The van der Waals surface area contributed by atoms with E-state index in [1.165, 1.54) is 0 Å².